The van der Waals surface area contributed by atoms with E-state index in [1.807, 2.05) is 32.9 Å². The van der Waals surface area contributed by atoms with Gasteiger partial charge in [-0.25, -0.2) is 13.1 Å². The molecule has 1 aliphatic heterocycles. The molecule has 1 heterocycles. The Morgan fingerprint density at radius 3 is 2.41 bits per heavy atom. The summed E-state index contributed by atoms with van der Waals surface area (Å²) in [5, 5.41) is 0. The molecule has 0 spiro atoms. The second-order valence-electron chi connectivity index (χ2n) is 8.14. The third-order valence-corrected chi connectivity index (χ3v) is 7.63. The Morgan fingerprint density at radius 2 is 1.79 bits per heavy atom. The van der Waals surface area contributed by atoms with Crippen LogP contribution in [0.1, 0.15) is 49.4 Å². The van der Waals surface area contributed by atoms with Gasteiger partial charge in [-0.3, -0.25) is 0 Å². The molecule has 0 bridgehead atoms. The molecule has 6 heteroatoms. The third-order valence-electron chi connectivity index (χ3n) is 5.94. The van der Waals surface area contributed by atoms with E-state index in [9.17, 15) is 8.42 Å². The molecule has 0 saturated carbocycles. The Hall–Kier alpha value is -2.05. The predicted molar refractivity (Wildman–Crippen MR) is 118 cm³/mol. The first-order chi connectivity index (χ1) is 13.7. The summed E-state index contributed by atoms with van der Waals surface area (Å²) in [4.78, 5) is 2.71. The highest BCUT2D eigenvalue weighted by molar-refractivity contribution is 7.89. The molecule has 29 heavy (non-hydrogen) atoms. The lowest BCUT2D eigenvalue weighted by Gasteiger charge is -2.33. The average Bonchev–Trinajstić information content (AvgIpc) is 2.69. The highest BCUT2D eigenvalue weighted by Crippen LogP contribution is 2.29. The van der Waals surface area contributed by atoms with E-state index in [4.69, 9.17) is 4.74 Å². The maximum atomic E-state index is 13.0. The summed E-state index contributed by atoms with van der Waals surface area (Å²) in [6.45, 7) is 10.0. The van der Waals surface area contributed by atoms with E-state index >= 15 is 0 Å². The number of piperidine rings is 1. The molecule has 0 radical (unpaired) electrons. The molecule has 1 saturated heterocycles. The fraction of sp³-hybridized carbons (Fsp3) is 0.478. The summed E-state index contributed by atoms with van der Waals surface area (Å²) in [5.74, 6) is 1.41. The lowest BCUT2D eigenvalue weighted by atomic mass is 9.99. The minimum atomic E-state index is -3.64. The molecule has 2 unspecified atom stereocenters. The molecule has 0 aromatic heterocycles. The summed E-state index contributed by atoms with van der Waals surface area (Å²) in [7, 11) is -2.05. The largest absolute Gasteiger partial charge is 0.496 e. The summed E-state index contributed by atoms with van der Waals surface area (Å²) in [5.41, 5.74) is 3.70. The third kappa shape index (κ3) is 4.75. The van der Waals surface area contributed by atoms with Gasteiger partial charge in [-0.2, -0.15) is 0 Å². The zero-order chi connectivity index (χ0) is 21.2. The van der Waals surface area contributed by atoms with Crippen molar-refractivity contribution in [3.8, 4) is 5.75 Å². The van der Waals surface area contributed by atoms with Crippen molar-refractivity contribution in [1.82, 2.24) is 4.72 Å². The van der Waals surface area contributed by atoms with Crippen molar-refractivity contribution < 1.29 is 13.2 Å². The average molecular weight is 417 g/mol. The van der Waals surface area contributed by atoms with E-state index in [0.29, 0.717) is 22.1 Å². The van der Waals surface area contributed by atoms with Gasteiger partial charge in [0.05, 0.1) is 12.0 Å². The Bertz CT molecular complexity index is 955. The van der Waals surface area contributed by atoms with Gasteiger partial charge in [-0.05, 0) is 80.5 Å². The van der Waals surface area contributed by atoms with Crippen molar-refractivity contribution in [2.24, 2.45) is 5.92 Å². The molecule has 2 aromatic carbocycles. The van der Waals surface area contributed by atoms with E-state index in [1.165, 1.54) is 18.5 Å². The second-order valence-corrected chi connectivity index (χ2v) is 9.83. The monoisotopic (exact) mass is 416 g/mol. The van der Waals surface area contributed by atoms with Crippen LogP contribution in [0.3, 0.4) is 0 Å². The van der Waals surface area contributed by atoms with Crippen molar-refractivity contribution >= 4 is 15.7 Å². The standard InChI is InChI=1S/C23H32N2O3S/c1-16-7-6-14-25(15-16)21-10-8-20(9-11-21)19(4)24-29(26,27)23-13-12-22(28-5)17(2)18(23)3/h8-13,16,19,24H,6-7,14-15H2,1-5H3. The normalized spacial score (nSPS) is 18.5. The molecule has 3 rings (SSSR count). The molecule has 158 valence electrons. The summed E-state index contributed by atoms with van der Waals surface area (Å²) >= 11 is 0. The van der Waals surface area contributed by atoms with Gasteiger partial charge in [0.15, 0.2) is 0 Å². The Kier molecular flexibility index (Phi) is 6.54. The second kappa shape index (κ2) is 8.76. The maximum Gasteiger partial charge on any atom is 0.241 e. The van der Waals surface area contributed by atoms with Crippen LogP contribution in [0.15, 0.2) is 41.3 Å². The van der Waals surface area contributed by atoms with Gasteiger partial charge in [0, 0.05) is 24.8 Å². The number of nitrogens with one attached hydrogen (secondary N) is 1. The quantitative estimate of drug-likeness (QED) is 0.748. The molecular weight excluding hydrogens is 384 g/mol. The van der Waals surface area contributed by atoms with E-state index in [0.717, 1.165) is 24.2 Å². The lowest BCUT2D eigenvalue weighted by molar-refractivity contribution is 0.410. The van der Waals surface area contributed by atoms with Gasteiger partial charge < -0.3 is 9.64 Å². The van der Waals surface area contributed by atoms with E-state index in [1.54, 1.807) is 19.2 Å². The number of anilines is 1. The summed E-state index contributed by atoms with van der Waals surface area (Å²) in [6, 6.07) is 11.2. The molecule has 0 amide bonds. The van der Waals surface area contributed by atoms with E-state index in [-0.39, 0.29) is 6.04 Å². The van der Waals surface area contributed by atoms with Crippen molar-refractivity contribution in [2.75, 3.05) is 25.1 Å². The zero-order valence-corrected chi connectivity index (χ0v) is 18.8. The van der Waals surface area contributed by atoms with Gasteiger partial charge in [0.25, 0.3) is 0 Å². The number of methoxy groups -OCH3 is 1. The lowest BCUT2D eigenvalue weighted by Crippen LogP contribution is -2.34. The molecule has 1 N–H and O–H groups in total. The van der Waals surface area contributed by atoms with Gasteiger partial charge in [-0.1, -0.05) is 19.1 Å². The van der Waals surface area contributed by atoms with Crippen molar-refractivity contribution in [2.45, 2.75) is 51.5 Å². The Labute approximate surface area is 175 Å². The van der Waals surface area contributed by atoms with E-state index < -0.39 is 10.0 Å². The van der Waals surface area contributed by atoms with Gasteiger partial charge >= 0.3 is 0 Å². The van der Waals surface area contributed by atoms with Crippen LogP contribution in [0, 0.1) is 19.8 Å². The molecule has 1 fully saturated rings. The minimum absolute atomic E-state index is 0.293. The van der Waals surface area contributed by atoms with Crippen LogP contribution in [0.25, 0.3) is 0 Å². The van der Waals surface area contributed by atoms with Crippen LogP contribution in [-0.2, 0) is 10.0 Å². The number of nitrogens with zero attached hydrogens (tertiary/aromatic N) is 1. The fourth-order valence-electron chi connectivity index (χ4n) is 4.05. The van der Waals surface area contributed by atoms with Gasteiger partial charge in [0.1, 0.15) is 5.75 Å². The molecule has 1 aliphatic rings. The Balaban J connectivity index is 1.75. The van der Waals surface area contributed by atoms with Crippen molar-refractivity contribution in [3.63, 3.8) is 0 Å². The molecule has 5 nitrogen and oxygen atoms in total. The molecule has 0 aliphatic carbocycles. The SMILES string of the molecule is COc1ccc(S(=O)(=O)NC(C)c2ccc(N3CCCC(C)C3)cc2)c(C)c1C. The van der Waals surface area contributed by atoms with Gasteiger partial charge in [-0.15, -0.1) is 0 Å². The van der Waals surface area contributed by atoms with Crippen LogP contribution in [0.2, 0.25) is 0 Å². The van der Waals surface area contributed by atoms with Crippen LogP contribution < -0.4 is 14.4 Å². The summed E-state index contributed by atoms with van der Waals surface area (Å²) < 4.78 is 34.1. The Morgan fingerprint density at radius 1 is 1.10 bits per heavy atom. The van der Waals surface area contributed by atoms with Gasteiger partial charge in [0.2, 0.25) is 10.0 Å². The first-order valence-corrected chi connectivity index (χ1v) is 11.7. The van der Waals surface area contributed by atoms with Crippen molar-refractivity contribution in [1.29, 1.82) is 0 Å². The number of sulfonamides is 1. The zero-order valence-electron chi connectivity index (χ0n) is 18.0. The van der Waals surface area contributed by atoms with Crippen LogP contribution in [-0.4, -0.2) is 28.6 Å². The van der Waals surface area contributed by atoms with Crippen LogP contribution >= 0.6 is 0 Å². The number of benzene rings is 2. The highest BCUT2D eigenvalue weighted by atomic mass is 32.2. The summed E-state index contributed by atoms with van der Waals surface area (Å²) in [6.07, 6.45) is 2.51. The topological polar surface area (TPSA) is 58.6 Å². The first-order valence-electron chi connectivity index (χ1n) is 10.2. The molecular formula is C23H32N2O3S. The number of ether oxygens (including phenoxy) is 1. The van der Waals surface area contributed by atoms with Crippen molar-refractivity contribution in [3.05, 3.63) is 53.1 Å². The van der Waals surface area contributed by atoms with Crippen LogP contribution in [0.5, 0.6) is 5.75 Å². The molecule has 2 atom stereocenters. The highest BCUT2D eigenvalue weighted by Gasteiger charge is 2.23. The number of rotatable bonds is 6. The smallest absolute Gasteiger partial charge is 0.241 e. The molecule has 2 aromatic rings. The minimum Gasteiger partial charge on any atom is -0.496 e. The maximum absolute atomic E-state index is 13.0. The van der Waals surface area contributed by atoms with Crippen LogP contribution in [0.4, 0.5) is 5.69 Å². The fourth-order valence-corrected chi connectivity index (χ4v) is 5.58. The van der Waals surface area contributed by atoms with E-state index in [2.05, 4.69) is 28.7 Å². The number of hydrogen-bond donors (Lipinski definition) is 1. The number of hydrogen-bond acceptors (Lipinski definition) is 4. The first kappa shape index (κ1) is 21.7. The predicted octanol–water partition coefficient (Wildman–Crippen LogP) is 4.59.